The quantitative estimate of drug-likeness (QED) is 0.0346. The molecule has 0 aliphatic carbocycles. The lowest BCUT2D eigenvalue weighted by atomic mass is 9.99. The van der Waals surface area contributed by atoms with Crippen molar-refractivity contribution < 1.29 is 49.0 Å². The Bertz CT molecular complexity index is 917. The number of unbranched alkanes of at least 4 members (excludes halogenated alkanes) is 31. The molecule has 4 N–H and O–H groups in total. The topological polar surface area (TPSA) is 152 Å². The molecular weight excluding hydrogens is 737 g/mol. The molecule has 0 spiro atoms. The largest absolute Gasteiger partial charge is 0.462 e. The van der Waals surface area contributed by atoms with Crippen molar-refractivity contribution in [2.45, 2.75) is 275 Å². The number of rotatable bonds is 42. The van der Waals surface area contributed by atoms with Gasteiger partial charge in [0, 0.05) is 12.8 Å². The predicted octanol–water partition coefficient (Wildman–Crippen LogP) is 11.0. The van der Waals surface area contributed by atoms with Crippen molar-refractivity contribution >= 4 is 11.9 Å². The third kappa shape index (κ3) is 30.7. The normalized spacial score (nSPS) is 20.0. The molecular formula is C48H92O10. The second-order valence-corrected chi connectivity index (χ2v) is 17.3. The van der Waals surface area contributed by atoms with E-state index in [2.05, 4.69) is 13.8 Å². The first-order valence-electron chi connectivity index (χ1n) is 24.6. The first kappa shape index (κ1) is 54.7. The molecule has 1 aliphatic heterocycles. The minimum atomic E-state index is -1.59. The number of carbonyl (C=O) groups excluding carboxylic acids is 2. The van der Waals surface area contributed by atoms with Crippen molar-refractivity contribution in [3.63, 3.8) is 0 Å². The average Bonchev–Trinajstić information content (AvgIpc) is 3.22. The van der Waals surface area contributed by atoms with Crippen molar-refractivity contribution in [3.05, 3.63) is 0 Å². The van der Waals surface area contributed by atoms with Crippen molar-refractivity contribution in [1.29, 1.82) is 0 Å². The molecule has 344 valence electrons. The average molecular weight is 829 g/mol. The molecule has 0 amide bonds. The molecule has 0 aromatic carbocycles. The van der Waals surface area contributed by atoms with Crippen LogP contribution in [0.1, 0.15) is 239 Å². The fourth-order valence-electron chi connectivity index (χ4n) is 7.84. The number of hydrogen-bond donors (Lipinski definition) is 4. The van der Waals surface area contributed by atoms with Gasteiger partial charge in [-0.05, 0) is 12.8 Å². The number of esters is 2. The number of hydrogen-bond acceptors (Lipinski definition) is 10. The summed E-state index contributed by atoms with van der Waals surface area (Å²) in [6.45, 7) is 3.47. The summed E-state index contributed by atoms with van der Waals surface area (Å²) >= 11 is 0. The van der Waals surface area contributed by atoms with E-state index in [0.717, 1.165) is 38.5 Å². The Morgan fingerprint density at radius 1 is 0.466 bits per heavy atom. The Kier molecular flexibility index (Phi) is 37.6. The zero-order chi connectivity index (χ0) is 42.3. The molecule has 0 bridgehead atoms. The minimum Gasteiger partial charge on any atom is -0.462 e. The molecule has 0 aromatic rings. The lowest BCUT2D eigenvalue weighted by molar-refractivity contribution is -0.305. The Morgan fingerprint density at radius 2 is 0.810 bits per heavy atom. The van der Waals surface area contributed by atoms with Crippen LogP contribution in [-0.4, -0.2) is 89.0 Å². The number of aliphatic hydroxyl groups excluding tert-OH is 4. The molecule has 1 rings (SSSR count). The summed E-state index contributed by atoms with van der Waals surface area (Å²) in [6.07, 6.45) is 34.0. The highest BCUT2D eigenvalue weighted by molar-refractivity contribution is 5.70. The van der Waals surface area contributed by atoms with Gasteiger partial charge in [0.15, 0.2) is 12.4 Å². The summed E-state index contributed by atoms with van der Waals surface area (Å²) in [5, 5.41) is 40.1. The molecule has 6 unspecified atom stereocenters. The summed E-state index contributed by atoms with van der Waals surface area (Å²) in [5.41, 5.74) is 0. The van der Waals surface area contributed by atoms with Crippen LogP contribution >= 0.6 is 0 Å². The maximum absolute atomic E-state index is 12.8. The molecule has 10 nitrogen and oxygen atoms in total. The maximum atomic E-state index is 12.8. The number of carbonyl (C=O) groups is 2. The van der Waals surface area contributed by atoms with Crippen LogP contribution in [0, 0.1) is 0 Å². The van der Waals surface area contributed by atoms with Gasteiger partial charge in [-0.3, -0.25) is 9.59 Å². The van der Waals surface area contributed by atoms with Gasteiger partial charge in [0.05, 0.1) is 13.2 Å². The van der Waals surface area contributed by atoms with E-state index >= 15 is 0 Å². The number of ether oxygens (including phenoxy) is 4. The Morgan fingerprint density at radius 3 is 1.17 bits per heavy atom. The summed E-state index contributed by atoms with van der Waals surface area (Å²) in [7, 11) is 0. The third-order valence-corrected chi connectivity index (χ3v) is 11.7. The molecule has 6 atom stereocenters. The molecule has 58 heavy (non-hydrogen) atoms. The van der Waals surface area contributed by atoms with Gasteiger partial charge < -0.3 is 39.4 Å². The highest BCUT2D eigenvalue weighted by Crippen LogP contribution is 2.23. The van der Waals surface area contributed by atoms with E-state index in [-0.39, 0.29) is 32.0 Å². The van der Waals surface area contributed by atoms with Crippen LogP contribution < -0.4 is 0 Å². The van der Waals surface area contributed by atoms with Crippen molar-refractivity contribution in [1.82, 2.24) is 0 Å². The smallest absolute Gasteiger partial charge is 0.306 e. The zero-order valence-corrected chi connectivity index (χ0v) is 37.6. The molecule has 0 radical (unpaired) electrons. The van der Waals surface area contributed by atoms with Crippen LogP contribution in [0.25, 0.3) is 0 Å². The molecule has 1 heterocycles. The molecule has 1 aliphatic rings. The zero-order valence-electron chi connectivity index (χ0n) is 37.6. The highest BCUT2D eigenvalue weighted by atomic mass is 16.7. The molecule has 1 fully saturated rings. The predicted molar refractivity (Wildman–Crippen MR) is 234 cm³/mol. The van der Waals surface area contributed by atoms with E-state index in [1.54, 1.807) is 0 Å². The van der Waals surface area contributed by atoms with Gasteiger partial charge in [-0.1, -0.05) is 213 Å². The van der Waals surface area contributed by atoms with Crippen molar-refractivity contribution in [3.8, 4) is 0 Å². The van der Waals surface area contributed by atoms with E-state index in [1.165, 1.54) is 167 Å². The van der Waals surface area contributed by atoms with Crippen LogP contribution in [0.5, 0.6) is 0 Å². The van der Waals surface area contributed by atoms with E-state index in [1.807, 2.05) is 0 Å². The van der Waals surface area contributed by atoms with Crippen molar-refractivity contribution in [2.24, 2.45) is 0 Å². The fraction of sp³-hybridized carbons (Fsp3) is 0.958. The van der Waals surface area contributed by atoms with Gasteiger partial charge in [0.25, 0.3) is 0 Å². The fourth-order valence-corrected chi connectivity index (χ4v) is 7.84. The van der Waals surface area contributed by atoms with Crippen LogP contribution in [0.2, 0.25) is 0 Å². The van der Waals surface area contributed by atoms with Crippen LogP contribution in [0.4, 0.5) is 0 Å². The van der Waals surface area contributed by atoms with E-state index < -0.39 is 49.4 Å². The lowest BCUT2D eigenvalue weighted by Crippen LogP contribution is -2.59. The van der Waals surface area contributed by atoms with Gasteiger partial charge in [0.2, 0.25) is 0 Å². The minimum absolute atomic E-state index is 0.209. The number of aliphatic hydroxyl groups is 4. The first-order valence-corrected chi connectivity index (χ1v) is 24.6. The van der Waals surface area contributed by atoms with Crippen LogP contribution in [0.15, 0.2) is 0 Å². The second kappa shape index (κ2) is 39.8. The summed E-state index contributed by atoms with van der Waals surface area (Å²) in [4.78, 5) is 25.4. The molecule has 1 saturated heterocycles. The molecule has 0 saturated carbocycles. The second-order valence-electron chi connectivity index (χ2n) is 17.3. The van der Waals surface area contributed by atoms with Gasteiger partial charge in [-0.2, -0.15) is 0 Å². The monoisotopic (exact) mass is 829 g/mol. The van der Waals surface area contributed by atoms with E-state index in [9.17, 15) is 30.0 Å². The van der Waals surface area contributed by atoms with Crippen molar-refractivity contribution in [2.75, 3.05) is 19.8 Å². The summed E-state index contributed by atoms with van der Waals surface area (Å²) in [6, 6.07) is 0. The Labute approximate surface area is 355 Å². The Balaban J connectivity index is 2.25. The highest BCUT2D eigenvalue weighted by Gasteiger charge is 2.44. The van der Waals surface area contributed by atoms with Crippen LogP contribution in [0.3, 0.4) is 0 Å². The van der Waals surface area contributed by atoms with E-state index in [0.29, 0.717) is 6.42 Å². The van der Waals surface area contributed by atoms with Gasteiger partial charge in [-0.15, -0.1) is 0 Å². The molecule has 0 aromatic heterocycles. The lowest BCUT2D eigenvalue weighted by Gasteiger charge is -2.39. The van der Waals surface area contributed by atoms with Gasteiger partial charge >= 0.3 is 11.9 Å². The Hall–Kier alpha value is -1.30. The third-order valence-electron chi connectivity index (χ3n) is 11.7. The standard InChI is InChI=1S/C48H92O10/c1-3-5-7-9-11-13-15-17-18-19-20-21-22-23-25-27-29-31-33-35-37-44(51)57-41(40-56-48-47(54)46(53)45(52)42(38-49)58-48)39-55-43(50)36-34-32-30-28-26-24-16-14-12-10-8-6-4-2/h41-42,45-49,52-54H,3-40H2,1-2H3. The summed E-state index contributed by atoms with van der Waals surface area (Å²) in [5.74, 6) is -0.789. The van der Waals surface area contributed by atoms with Gasteiger partial charge in [0.1, 0.15) is 31.0 Å². The summed E-state index contributed by atoms with van der Waals surface area (Å²) < 4.78 is 22.2. The first-order chi connectivity index (χ1) is 28.3. The van der Waals surface area contributed by atoms with Crippen LogP contribution in [-0.2, 0) is 28.5 Å². The van der Waals surface area contributed by atoms with E-state index in [4.69, 9.17) is 18.9 Å². The van der Waals surface area contributed by atoms with Gasteiger partial charge in [-0.25, -0.2) is 0 Å². The molecule has 10 heteroatoms. The SMILES string of the molecule is CCCCCCCCCCCCCCCCCCCCCCC(=O)OC(COC(=O)CCCCCCCCCCCCCCC)COC1OC(CO)C(O)C(O)C1O. The maximum Gasteiger partial charge on any atom is 0.306 e.